The van der Waals surface area contributed by atoms with Crippen molar-refractivity contribution in [2.75, 3.05) is 0 Å². The first-order valence-electron chi connectivity index (χ1n) is 3.16. The normalized spacial score (nSPS) is 13.4. The van der Waals surface area contributed by atoms with Crippen LogP contribution in [0.5, 0.6) is 0 Å². The highest BCUT2D eigenvalue weighted by atomic mass is 32.1. The fourth-order valence-corrected chi connectivity index (χ4v) is 1.16. The molecule has 1 heterocycles. The van der Waals surface area contributed by atoms with Crippen molar-refractivity contribution in [1.29, 1.82) is 0 Å². The Morgan fingerprint density at radius 3 is 3.20 bits per heavy atom. The fraction of sp³-hybridized carbons (Fsp3) is 0.500. The van der Waals surface area contributed by atoms with Crippen LogP contribution in [-0.2, 0) is 6.54 Å². The van der Waals surface area contributed by atoms with Gasteiger partial charge in [-0.15, -0.1) is 11.3 Å². The first kappa shape index (κ1) is 7.65. The fourth-order valence-electron chi connectivity index (χ4n) is 0.589. The molecule has 0 spiro atoms. The monoisotopic (exact) mass is 157 g/mol. The van der Waals surface area contributed by atoms with Gasteiger partial charge < -0.3 is 5.73 Å². The van der Waals surface area contributed by atoms with Crippen molar-refractivity contribution in [3.63, 3.8) is 0 Å². The van der Waals surface area contributed by atoms with Crippen molar-refractivity contribution in [3.8, 4) is 0 Å². The molecule has 0 bridgehead atoms. The van der Waals surface area contributed by atoms with Crippen molar-refractivity contribution in [1.82, 2.24) is 10.3 Å². The van der Waals surface area contributed by atoms with Crippen LogP contribution >= 0.6 is 11.3 Å². The van der Waals surface area contributed by atoms with Crippen LogP contribution in [0.15, 0.2) is 11.6 Å². The minimum Gasteiger partial charge on any atom is -0.316 e. The second-order valence-corrected chi connectivity index (χ2v) is 3.07. The Kier molecular flexibility index (Phi) is 2.80. The van der Waals surface area contributed by atoms with Gasteiger partial charge in [0.2, 0.25) is 0 Å². The number of hydrogen-bond acceptors (Lipinski definition) is 4. The average molecular weight is 157 g/mol. The maximum absolute atomic E-state index is 5.47. The number of nitrogens with one attached hydrogen (secondary N) is 1. The van der Waals surface area contributed by atoms with E-state index in [1.54, 1.807) is 17.5 Å². The van der Waals surface area contributed by atoms with Crippen molar-refractivity contribution < 1.29 is 0 Å². The molecule has 0 saturated carbocycles. The van der Waals surface area contributed by atoms with Gasteiger partial charge in [0.25, 0.3) is 0 Å². The lowest BCUT2D eigenvalue weighted by atomic mass is 10.5. The van der Waals surface area contributed by atoms with Gasteiger partial charge in [0.1, 0.15) is 5.01 Å². The molecule has 0 aliphatic heterocycles. The lowest BCUT2D eigenvalue weighted by Gasteiger charge is -2.04. The summed E-state index contributed by atoms with van der Waals surface area (Å²) in [5.41, 5.74) is 5.47. The predicted molar refractivity (Wildman–Crippen MR) is 42.6 cm³/mol. The Morgan fingerprint density at radius 1 is 1.90 bits per heavy atom. The third-order valence-corrected chi connectivity index (χ3v) is 1.84. The van der Waals surface area contributed by atoms with E-state index in [-0.39, 0.29) is 6.17 Å². The van der Waals surface area contributed by atoms with E-state index in [4.69, 9.17) is 5.73 Å². The Labute approximate surface area is 64.3 Å². The van der Waals surface area contributed by atoms with Crippen molar-refractivity contribution in [2.45, 2.75) is 19.6 Å². The zero-order valence-corrected chi connectivity index (χ0v) is 6.69. The smallest absolute Gasteiger partial charge is 0.106 e. The molecule has 0 aliphatic carbocycles. The van der Waals surface area contributed by atoms with E-state index in [9.17, 15) is 0 Å². The Balaban J connectivity index is 2.28. The lowest BCUT2D eigenvalue weighted by molar-refractivity contribution is 0.565. The molecule has 1 atom stereocenters. The van der Waals surface area contributed by atoms with E-state index >= 15 is 0 Å². The molecule has 0 amide bonds. The molecule has 3 nitrogen and oxygen atoms in total. The van der Waals surface area contributed by atoms with Gasteiger partial charge in [-0.3, -0.25) is 5.32 Å². The maximum Gasteiger partial charge on any atom is 0.106 e. The minimum atomic E-state index is 0.0453. The summed E-state index contributed by atoms with van der Waals surface area (Å²) < 4.78 is 0. The van der Waals surface area contributed by atoms with Crippen molar-refractivity contribution >= 4 is 11.3 Å². The summed E-state index contributed by atoms with van der Waals surface area (Å²) in [6.45, 7) is 2.68. The molecule has 1 rings (SSSR count). The molecule has 1 unspecified atom stereocenters. The zero-order chi connectivity index (χ0) is 7.40. The van der Waals surface area contributed by atoms with Gasteiger partial charge in [0.15, 0.2) is 0 Å². The van der Waals surface area contributed by atoms with E-state index in [1.807, 2.05) is 12.3 Å². The molecular weight excluding hydrogens is 146 g/mol. The highest BCUT2D eigenvalue weighted by Gasteiger charge is 1.95. The third kappa shape index (κ3) is 2.43. The van der Waals surface area contributed by atoms with E-state index in [0.717, 1.165) is 11.6 Å². The summed E-state index contributed by atoms with van der Waals surface area (Å²) in [5, 5.41) is 6.11. The summed E-state index contributed by atoms with van der Waals surface area (Å²) in [6.07, 6.45) is 1.84. The standard InChI is InChI=1S/C6H11N3S/c1-5(7)9-4-6-8-2-3-10-6/h2-3,5,9H,4,7H2,1H3. The number of rotatable bonds is 3. The van der Waals surface area contributed by atoms with Gasteiger partial charge in [-0.25, -0.2) is 4.98 Å². The van der Waals surface area contributed by atoms with Gasteiger partial charge in [0, 0.05) is 18.1 Å². The number of nitrogens with zero attached hydrogens (tertiary/aromatic N) is 1. The molecule has 1 aromatic rings. The van der Waals surface area contributed by atoms with Crippen LogP contribution in [0.1, 0.15) is 11.9 Å². The van der Waals surface area contributed by atoms with Crippen LogP contribution in [0, 0.1) is 0 Å². The molecular formula is C6H11N3S. The highest BCUT2D eigenvalue weighted by molar-refractivity contribution is 7.09. The quantitative estimate of drug-likeness (QED) is 0.629. The molecule has 56 valence electrons. The molecule has 10 heavy (non-hydrogen) atoms. The van der Waals surface area contributed by atoms with E-state index in [1.165, 1.54) is 0 Å². The zero-order valence-electron chi connectivity index (χ0n) is 5.87. The van der Waals surface area contributed by atoms with Crippen LogP contribution in [0.3, 0.4) is 0 Å². The molecule has 0 aliphatic rings. The topological polar surface area (TPSA) is 50.9 Å². The maximum atomic E-state index is 5.47. The van der Waals surface area contributed by atoms with Gasteiger partial charge in [-0.2, -0.15) is 0 Å². The van der Waals surface area contributed by atoms with E-state index < -0.39 is 0 Å². The van der Waals surface area contributed by atoms with Gasteiger partial charge >= 0.3 is 0 Å². The molecule has 0 aromatic carbocycles. The molecule has 4 heteroatoms. The Hall–Kier alpha value is -0.450. The van der Waals surface area contributed by atoms with E-state index in [2.05, 4.69) is 10.3 Å². The second kappa shape index (κ2) is 3.65. The van der Waals surface area contributed by atoms with Gasteiger partial charge in [0.05, 0.1) is 6.17 Å². The number of aromatic nitrogens is 1. The average Bonchev–Trinajstić information content (AvgIpc) is 2.34. The summed E-state index contributed by atoms with van der Waals surface area (Å²) in [5.74, 6) is 0. The SMILES string of the molecule is CC(N)NCc1nccs1. The molecule has 3 N–H and O–H groups in total. The van der Waals surface area contributed by atoms with Gasteiger partial charge in [-0.05, 0) is 6.92 Å². The minimum absolute atomic E-state index is 0.0453. The van der Waals surface area contributed by atoms with Crippen LogP contribution < -0.4 is 11.1 Å². The number of hydrogen-bond donors (Lipinski definition) is 2. The number of nitrogens with two attached hydrogens (primary N) is 1. The molecule has 0 saturated heterocycles. The van der Waals surface area contributed by atoms with Crippen LogP contribution in [0.25, 0.3) is 0 Å². The molecule has 1 aromatic heterocycles. The van der Waals surface area contributed by atoms with Crippen LogP contribution in [0.2, 0.25) is 0 Å². The summed E-state index contributed by atoms with van der Waals surface area (Å²) in [4.78, 5) is 4.09. The number of thiazole rings is 1. The van der Waals surface area contributed by atoms with Crippen LogP contribution in [-0.4, -0.2) is 11.1 Å². The van der Waals surface area contributed by atoms with Crippen LogP contribution in [0.4, 0.5) is 0 Å². The largest absolute Gasteiger partial charge is 0.316 e. The first-order valence-corrected chi connectivity index (χ1v) is 4.04. The molecule has 0 radical (unpaired) electrons. The molecule has 0 fully saturated rings. The second-order valence-electron chi connectivity index (χ2n) is 2.10. The lowest BCUT2D eigenvalue weighted by Crippen LogP contribution is -2.33. The summed E-state index contributed by atoms with van der Waals surface area (Å²) in [7, 11) is 0. The van der Waals surface area contributed by atoms with E-state index in [0.29, 0.717) is 0 Å². The summed E-state index contributed by atoms with van der Waals surface area (Å²) >= 11 is 1.64. The summed E-state index contributed by atoms with van der Waals surface area (Å²) in [6, 6.07) is 0. The third-order valence-electron chi connectivity index (χ3n) is 1.06. The Morgan fingerprint density at radius 2 is 2.70 bits per heavy atom. The Bertz CT molecular complexity index is 171. The van der Waals surface area contributed by atoms with Crippen molar-refractivity contribution in [3.05, 3.63) is 16.6 Å². The van der Waals surface area contributed by atoms with Crippen molar-refractivity contribution in [2.24, 2.45) is 5.73 Å². The highest BCUT2D eigenvalue weighted by Crippen LogP contribution is 2.02. The predicted octanol–water partition coefficient (Wildman–Crippen LogP) is 0.537. The first-order chi connectivity index (χ1) is 4.79. The van der Waals surface area contributed by atoms with Gasteiger partial charge in [-0.1, -0.05) is 0 Å².